The van der Waals surface area contributed by atoms with Gasteiger partial charge in [-0.15, -0.1) is 0 Å². The van der Waals surface area contributed by atoms with Gasteiger partial charge in [0.05, 0.1) is 0 Å². The Kier molecular flexibility index (Phi) is 7.76. The van der Waals surface area contributed by atoms with Crippen LogP contribution in [0.1, 0.15) is 13.8 Å². The molecule has 0 aliphatic carbocycles. The van der Waals surface area contributed by atoms with Crippen LogP contribution in [-0.2, 0) is 4.79 Å². The second kappa shape index (κ2) is 10.1. The van der Waals surface area contributed by atoms with Crippen molar-refractivity contribution in [2.45, 2.75) is 13.8 Å². The third-order valence-electron chi connectivity index (χ3n) is 4.08. The standard InChI is InChI=1S/C20H25ClN2O2/c1-3-22(4-2)14-15-23(18-8-6-5-7-9-18)20(24)16-25-19-12-10-17(21)11-13-19/h5-13H,3-4,14-16H2,1-2H3. The fraction of sp³-hybridized carbons (Fsp3) is 0.350. The molecular formula is C20H25ClN2O2. The van der Waals surface area contributed by atoms with E-state index in [1.54, 1.807) is 29.2 Å². The van der Waals surface area contributed by atoms with Crippen molar-refractivity contribution in [1.82, 2.24) is 4.90 Å². The van der Waals surface area contributed by atoms with E-state index in [0.717, 1.165) is 25.3 Å². The van der Waals surface area contributed by atoms with E-state index in [4.69, 9.17) is 16.3 Å². The third kappa shape index (κ3) is 6.07. The van der Waals surface area contributed by atoms with Crippen molar-refractivity contribution in [1.29, 1.82) is 0 Å². The first-order valence-electron chi connectivity index (χ1n) is 8.60. The molecular weight excluding hydrogens is 336 g/mol. The summed E-state index contributed by atoms with van der Waals surface area (Å²) in [6, 6.07) is 16.7. The average molecular weight is 361 g/mol. The van der Waals surface area contributed by atoms with Crippen LogP contribution in [0.5, 0.6) is 5.75 Å². The number of ether oxygens (including phenoxy) is 1. The molecule has 25 heavy (non-hydrogen) atoms. The maximum absolute atomic E-state index is 12.7. The Labute approximate surface area is 155 Å². The van der Waals surface area contributed by atoms with E-state index in [-0.39, 0.29) is 12.5 Å². The summed E-state index contributed by atoms with van der Waals surface area (Å²) in [6.45, 7) is 7.64. The van der Waals surface area contributed by atoms with Gasteiger partial charge in [-0.25, -0.2) is 0 Å². The zero-order chi connectivity index (χ0) is 18.1. The lowest BCUT2D eigenvalue weighted by molar-refractivity contribution is -0.120. The highest BCUT2D eigenvalue weighted by Crippen LogP contribution is 2.17. The molecule has 0 unspecified atom stereocenters. The van der Waals surface area contributed by atoms with Gasteiger partial charge in [0.2, 0.25) is 0 Å². The van der Waals surface area contributed by atoms with Crippen molar-refractivity contribution in [2.24, 2.45) is 0 Å². The van der Waals surface area contributed by atoms with Gasteiger partial charge in [0.25, 0.3) is 5.91 Å². The zero-order valence-electron chi connectivity index (χ0n) is 14.8. The monoisotopic (exact) mass is 360 g/mol. The molecule has 134 valence electrons. The van der Waals surface area contributed by atoms with E-state index in [2.05, 4.69) is 18.7 Å². The van der Waals surface area contributed by atoms with E-state index in [1.165, 1.54) is 0 Å². The largest absolute Gasteiger partial charge is 0.484 e. The molecule has 1 amide bonds. The van der Waals surface area contributed by atoms with E-state index in [9.17, 15) is 4.79 Å². The number of halogens is 1. The van der Waals surface area contributed by atoms with Crippen LogP contribution in [0.15, 0.2) is 54.6 Å². The number of anilines is 1. The first kappa shape index (κ1) is 19.3. The van der Waals surface area contributed by atoms with Crippen molar-refractivity contribution in [3.63, 3.8) is 0 Å². The molecule has 5 heteroatoms. The zero-order valence-corrected chi connectivity index (χ0v) is 15.6. The summed E-state index contributed by atoms with van der Waals surface area (Å²) in [6.07, 6.45) is 0. The van der Waals surface area contributed by atoms with Crippen LogP contribution in [0.25, 0.3) is 0 Å². The minimum Gasteiger partial charge on any atom is -0.484 e. The normalized spacial score (nSPS) is 10.7. The van der Waals surface area contributed by atoms with E-state index < -0.39 is 0 Å². The molecule has 0 heterocycles. The van der Waals surface area contributed by atoms with E-state index in [1.807, 2.05) is 30.3 Å². The molecule has 0 saturated carbocycles. The molecule has 0 saturated heterocycles. The molecule has 0 aliphatic heterocycles. The second-order valence-electron chi connectivity index (χ2n) is 5.65. The number of hydrogen-bond acceptors (Lipinski definition) is 3. The lowest BCUT2D eigenvalue weighted by Crippen LogP contribution is -2.41. The molecule has 0 aromatic heterocycles. The van der Waals surface area contributed by atoms with Gasteiger partial charge >= 0.3 is 0 Å². The van der Waals surface area contributed by atoms with Gasteiger partial charge in [0.1, 0.15) is 5.75 Å². The number of carbonyl (C=O) groups excluding carboxylic acids is 1. The minimum atomic E-state index is -0.0618. The summed E-state index contributed by atoms with van der Waals surface area (Å²) in [4.78, 5) is 16.8. The van der Waals surface area contributed by atoms with Gasteiger partial charge in [-0.1, -0.05) is 43.6 Å². The number of carbonyl (C=O) groups is 1. The Bertz CT molecular complexity index is 643. The molecule has 2 rings (SSSR count). The first-order valence-corrected chi connectivity index (χ1v) is 8.98. The summed E-state index contributed by atoms with van der Waals surface area (Å²) in [5.41, 5.74) is 0.888. The van der Waals surface area contributed by atoms with Crippen LogP contribution in [0, 0.1) is 0 Å². The summed E-state index contributed by atoms with van der Waals surface area (Å²) in [5.74, 6) is 0.572. The molecule has 0 atom stereocenters. The number of benzene rings is 2. The maximum Gasteiger partial charge on any atom is 0.264 e. The van der Waals surface area contributed by atoms with Crippen LogP contribution >= 0.6 is 11.6 Å². The molecule has 0 fully saturated rings. The molecule has 0 aliphatic rings. The Morgan fingerprint density at radius 1 is 0.960 bits per heavy atom. The SMILES string of the molecule is CCN(CC)CCN(C(=O)COc1ccc(Cl)cc1)c1ccccc1. The molecule has 0 bridgehead atoms. The number of rotatable bonds is 9. The number of nitrogens with zero attached hydrogens (tertiary/aromatic N) is 2. The predicted octanol–water partition coefficient (Wildman–Crippen LogP) is 4.09. The van der Waals surface area contributed by atoms with Gasteiger partial charge in [0, 0.05) is 23.8 Å². The third-order valence-corrected chi connectivity index (χ3v) is 4.33. The number of para-hydroxylation sites is 1. The average Bonchev–Trinajstić information content (AvgIpc) is 2.65. The quantitative estimate of drug-likeness (QED) is 0.675. The lowest BCUT2D eigenvalue weighted by Gasteiger charge is -2.26. The summed E-state index contributed by atoms with van der Waals surface area (Å²) >= 11 is 5.87. The maximum atomic E-state index is 12.7. The fourth-order valence-corrected chi connectivity index (χ4v) is 2.67. The number of likely N-dealkylation sites (N-methyl/N-ethyl adjacent to an activating group) is 1. The van der Waals surface area contributed by atoms with Gasteiger partial charge in [0.15, 0.2) is 6.61 Å². The highest BCUT2D eigenvalue weighted by atomic mass is 35.5. The molecule has 2 aromatic rings. The van der Waals surface area contributed by atoms with Crippen LogP contribution < -0.4 is 9.64 Å². The summed E-state index contributed by atoms with van der Waals surface area (Å²) in [5, 5.41) is 0.642. The smallest absolute Gasteiger partial charge is 0.264 e. The Hall–Kier alpha value is -2.04. The Balaban J connectivity index is 2.02. The molecule has 0 N–H and O–H groups in total. The van der Waals surface area contributed by atoms with Gasteiger partial charge in [-0.3, -0.25) is 4.79 Å². The fourth-order valence-electron chi connectivity index (χ4n) is 2.54. The summed E-state index contributed by atoms with van der Waals surface area (Å²) < 4.78 is 5.62. The number of amides is 1. The Morgan fingerprint density at radius 3 is 2.20 bits per heavy atom. The molecule has 0 spiro atoms. The van der Waals surface area contributed by atoms with Crippen LogP contribution in [0.3, 0.4) is 0 Å². The topological polar surface area (TPSA) is 32.8 Å². The molecule has 2 aromatic carbocycles. The van der Waals surface area contributed by atoms with E-state index >= 15 is 0 Å². The van der Waals surface area contributed by atoms with Crippen molar-refractivity contribution in [3.8, 4) is 5.75 Å². The summed E-state index contributed by atoms with van der Waals surface area (Å²) in [7, 11) is 0. The van der Waals surface area contributed by atoms with Crippen LogP contribution in [0.2, 0.25) is 5.02 Å². The predicted molar refractivity (Wildman–Crippen MR) is 104 cm³/mol. The van der Waals surface area contributed by atoms with Crippen molar-refractivity contribution in [2.75, 3.05) is 37.7 Å². The van der Waals surface area contributed by atoms with Crippen LogP contribution in [0.4, 0.5) is 5.69 Å². The van der Waals surface area contributed by atoms with Crippen molar-refractivity contribution >= 4 is 23.2 Å². The van der Waals surface area contributed by atoms with Gasteiger partial charge < -0.3 is 14.5 Å². The lowest BCUT2D eigenvalue weighted by atomic mass is 10.2. The number of hydrogen-bond donors (Lipinski definition) is 0. The van der Waals surface area contributed by atoms with E-state index in [0.29, 0.717) is 17.3 Å². The van der Waals surface area contributed by atoms with Gasteiger partial charge in [-0.05, 0) is 49.5 Å². The second-order valence-corrected chi connectivity index (χ2v) is 6.09. The molecule has 0 radical (unpaired) electrons. The first-order chi connectivity index (χ1) is 12.1. The minimum absolute atomic E-state index is 0.00518. The van der Waals surface area contributed by atoms with Gasteiger partial charge in [-0.2, -0.15) is 0 Å². The molecule has 4 nitrogen and oxygen atoms in total. The van der Waals surface area contributed by atoms with Crippen molar-refractivity contribution < 1.29 is 9.53 Å². The highest BCUT2D eigenvalue weighted by Gasteiger charge is 2.17. The Morgan fingerprint density at radius 2 is 1.60 bits per heavy atom. The van der Waals surface area contributed by atoms with Crippen LogP contribution in [-0.4, -0.2) is 43.6 Å². The van der Waals surface area contributed by atoms with Crippen molar-refractivity contribution in [3.05, 3.63) is 59.6 Å². The highest BCUT2D eigenvalue weighted by molar-refractivity contribution is 6.30.